The van der Waals surface area contributed by atoms with Crippen molar-refractivity contribution >= 4 is 5.69 Å². The summed E-state index contributed by atoms with van der Waals surface area (Å²) in [7, 11) is 3.48. The van der Waals surface area contributed by atoms with E-state index in [0.29, 0.717) is 0 Å². The van der Waals surface area contributed by atoms with Gasteiger partial charge in [0.05, 0.1) is 6.61 Å². The van der Waals surface area contributed by atoms with Crippen molar-refractivity contribution in [3.8, 4) is 0 Å². The van der Waals surface area contributed by atoms with Gasteiger partial charge in [-0.15, -0.1) is 0 Å². The van der Waals surface area contributed by atoms with Crippen molar-refractivity contribution in [3.63, 3.8) is 0 Å². The van der Waals surface area contributed by atoms with Crippen LogP contribution < -0.4 is 10.2 Å². The van der Waals surface area contributed by atoms with Gasteiger partial charge in [0, 0.05) is 64.1 Å². The van der Waals surface area contributed by atoms with Crippen molar-refractivity contribution < 1.29 is 9.47 Å². The number of hydrogen-bond acceptors (Lipinski definition) is 5. The molecule has 0 bridgehead atoms. The summed E-state index contributed by atoms with van der Waals surface area (Å²) in [6.45, 7) is 7.38. The van der Waals surface area contributed by atoms with E-state index < -0.39 is 0 Å². The van der Waals surface area contributed by atoms with Gasteiger partial charge in [0.1, 0.15) is 0 Å². The van der Waals surface area contributed by atoms with Crippen molar-refractivity contribution in [2.45, 2.75) is 26.3 Å². The highest BCUT2D eigenvalue weighted by Crippen LogP contribution is 2.19. The van der Waals surface area contributed by atoms with E-state index in [4.69, 9.17) is 9.47 Å². The number of nitrogens with zero attached hydrogens (tertiary/aromatic N) is 2. The normalized spacial score (nSPS) is 10.8. The van der Waals surface area contributed by atoms with Crippen LogP contribution in [0.1, 0.15) is 25.3 Å². The molecule has 0 radical (unpaired) electrons. The SMILES string of the molecule is CCCNCc1cnccc1N(CCCOC)CCOC. The van der Waals surface area contributed by atoms with E-state index in [9.17, 15) is 0 Å². The first-order chi connectivity index (χ1) is 10.3. The smallest absolute Gasteiger partial charge is 0.0637 e. The lowest BCUT2D eigenvalue weighted by Crippen LogP contribution is -2.30. The summed E-state index contributed by atoms with van der Waals surface area (Å²) in [5, 5.41) is 3.45. The number of hydrogen-bond donors (Lipinski definition) is 1. The van der Waals surface area contributed by atoms with E-state index >= 15 is 0 Å². The number of anilines is 1. The fourth-order valence-electron chi connectivity index (χ4n) is 2.22. The van der Waals surface area contributed by atoms with Crippen LogP contribution in [0, 0.1) is 0 Å². The van der Waals surface area contributed by atoms with Crippen LogP contribution in [-0.2, 0) is 16.0 Å². The van der Waals surface area contributed by atoms with Crippen LogP contribution in [0.25, 0.3) is 0 Å². The monoisotopic (exact) mass is 295 g/mol. The van der Waals surface area contributed by atoms with Crippen molar-refractivity contribution in [1.82, 2.24) is 10.3 Å². The van der Waals surface area contributed by atoms with E-state index in [1.165, 1.54) is 11.3 Å². The third-order valence-corrected chi connectivity index (χ3v) is 3.30. The molecule has 0 amide bonds. The predicted octanol–water partition coefficient (Wildman–Crippen LogP) is 2.07. The van der Waals surface area contributed by atoms with Crippen molar-refractivity contribution in [3.05, 3.63) is 24.0 Å². The summed E-state index contributed by atoms with van der Waals surface area (Å²) in [6.07, 6.45) is 5.95. The molecule has 1 aromatic rings. The van der Waals surface area contributed by atoms with E-state index in [1.807, 2.05) is 12.4 Å². The largest absolute Gasteiger partial charge is 0.385 e. The summed E-state index contributed by atoms with van der Waals surface area (Å²) < 4.78 is 10.4. The number of nitrogens with one attached hydrogen (secondary N) is 1. The number of pyridine rings is 1. The molecule has 0 atom stereocenters. The van der Waals surface area contributed by atoms with E-state index in [1.54, 1.807) is 14.2 Å². The van der Waals surface area contributed by atoms with E-state index in [-0.39, 0.29) is 0 Å². The number of ether oxygens (including phenoxy) is 2. The Morgan fingerprint density at radius 1 is 1.19 bits per heavy atom. The maximum atomic E-state index is 5.23. The number of methoxy groups -OCH3 is 2. The molecule has 0 aromatic carbocycles. The van der Waals surface area contributed by atoms with Crippen LogP contribution in [0.4, 0.5) is 5.69 Å². The standard InChI is InChI=1S/C16H29N3O2/c1-4-7-17-13-15-14-18-8-6-16(15)19(10-12-21-3)9-5-11-20-2/h6,8,14,17H,4-5,7,9-13H2,1-3H3. The fraction of sp³-hybridized carbons (Fsp3) is 0.688. The van der Waals surface area contributed by atoms with Gasteiger partial charge in [-0.2, -0.15) is 0 Å². The highest BCUT2D eigenvalue weighted by Gasteiger charge is 2.11. The molecule has 120 valence electrons. The van der Waals surface area contributed by atoms with Crippen molar-refractivity contribution in [2.75, 3.05) is 52.0 Å². The average molecular weight is 295 g/mol. The van der Waals surface area contributed by atoms with Crippen LogP contribution in [0.5, 0.6) is 0 Å². The van der Waals surface area contributed by atoms with Crippen LogP contribution in [-0.4, -0.2) is 52.1 Å². The van der Waals surface area contributed by atoms with Gasteiger partial charge < -0.3 is 19.7 Å². The molecule has 0 aliphatic rings. The van der Waals surface area contributed by atoms with E-state index in [0.717, 1.165) is 52.2 Å². The van der Waals surface area contributed by atoms with Gasteiger partial charge in [-0.1, -0.05) is 6.92 Å². The Bertz CT molecular complexity index is 374. The Hall–Kier alpha value is -1.17. The third-order valence-electron chi connectivity index (χ3n) is 3.30. The van der Waals surface area contributed by atoms with Crippen LogP contribution in [0.2, 0.25) is 0 Å². The first-order valence-corrected chi connectivity index (χ1v) is 7.69. The van der Waals surface area contributed by atoms with Gasteiger partial charge in [0.2, 0.25) is 0 Å². The molecule has 1 rings (SSSR count). The maximum absolute atomic E-state index is 5.23. The summed E-state index contributed by atoms with van der Waals surface area (Å²) in [4.78, 5) is 6.61. The lowest BCUT2D eigenvalue weighted by molar-refractivity contribution is 0.191. The zero-order chi connectivity index (χ0) is 15.3. The maximum Gasteiger partial charge on any atom is 0.0637 e. The van der Waals surface area contributed by atoms with Crippen molar-refractivity contribution in [2.24, 2.45) is 0 Å². The topological polar surface area (TPSA) is 46.6 Å². The Morgan fingerprint density at radius 2 is 2.00 bits per heavy atom. The Labute approximate surface area is 128 Å². The van der Waals surface area contributed by atoms with Gasteiger partial charge >= 0.3 is 0 Å². The van der Waals surface area contributed by atoms with E-state index in [2.05, 4.69) is 28.2 Å². The molecule has 0 aliphatic carbocycles. The minimum Gasteiger partial charge on any atom is -0.385 e. The molecule has 21 heavy (non-hydrogen) atoms. The third kappa shape index (κ3) is 6.89. The van der Waals surface area contributed by atoms with Gasteiger partial charge in [0.15, 0.2) is 0 Å². The molecule has 0 aliphatic heterocycles. The summed E-state index contributed by atoms with van der Waals surface area (Å²) in [5.41, 5.74) is 2.47. The van der Waals surface area contributed by atoms with Crippen LogP contribution in [0.3, 0.4) is 0 Å². The number of rotatable bonds is 12. The molecular formula is C16H29N3O2. The molecule has 5 nitrogen and oxygen atoms in total. The predicted molar refractivity (Wildman–Crippen MR) is 86.8 cm³/mol. The second-order valence-electron chi connectivity index (χ2n) is 5.01. The molecule has 0 unspecified atom stereocenters. The second kappa shape index (κ2) is 11.5. The molecule has 0 spiro atoms. The quantitative estimate of drug-likeness (QED) is 0.598. The lowest BCUT2D eigenvalue weighted by atomic mass is 10.2. The average Bonchev–Trinajstić information content (AvgIpc) is 2.52. The molecular weight excluding hydrogens is 266 g/mol. The molecule has 0 saturated heterocycles. The molecule has 5 heteroatoms. The minimum absolute atomic E-state index is 0.719. The van der Waals surface area contributed by atoms with Crippen LogP contribution in [0.15, 0.2) is 18.5 Å². The summed E-state index contributed by atoms with van der Waals surface area (Å²) >= 11 is 0. The first-order valence-electron chi connectivity index (χ1n) is 7.69. The highest BCUT2D eigenvalue weighted by atomic mass is 16.5. The number of aromatic nitrogens is 1. The zero-order valence-corrected chi connectivity index (χ0v) is 13.6. The molecule has 1 heterocycles. The van der Waals surface area contributed by atoms with Crippen LogP contribution >= 0.6 is 0 Å². The fourth-order valence-corrected chi connectivity index (χ4v) is 2.22. The molecule has 0 saturated carbocycles. The second-order valence-corrected chi connectivity index (χ2v) is 5.01. The van der Waals surface area contributed by atoms with Crippen molar-refractivity contribution in [1.29, 1.82) is 0 Å². The summed E-state index contributed by atoms with van der Waals surface area (Å²) in [5.74, 6) is 0. The highest BCUT2D eigenvalue weighted by molar-refractivity contribution is 5.52. The van der Waals surface area contributed by atoms with Gasteiger partial charge in [0.25, 0.3) is 0 Å². The minimum atomic E-state index is 0.719. The summed E-state index contributed by atoms with van der Waals surface area (Å²) in [6, 6.07) is 2.09. The Balaban J connectivity index is 2.73. The Morgan fingerprint density at radius 3 is 2.71 bits per heavy atom. The first kappa shape index (κ1) is 17.9. The lowest BCUT2D eigenvalue weighted by Gasteiger charge is -2.26. The van der Waals surface area contributed by atoms with Gasteiger partial charge in [-0.3, -0.25) is 4.98 Å². The Kier molecular flexibility index (Phi) is 9.78. The van der Waals surface area contributed by atoms with Gasteiger partial charge in [-0.25, -0.2) is 0 Å². The zero-order valence-electron chi connectivity index (χ0n) is 13.6. The molecule has 0 fully saturated rings. The van der Waals surface area contributed by atoms with Gasteiger partial charge in [-0.05, 0) is 25.5 Å². The molecule has 1 N–H and O–H groups in total. The molecule has 1 aromatic heterocycles.